The Labute approximate surface area is 167 Å². The molecule has 0 aliphatic heterocycles. The van der Waals surface area contributed by atoms with Gasteiger partial charge in [-0.15, -0.1) is 0 Å². The SMILES string of the molecule is C=C(CC(O)C(C)CO[Si](C)(C)C(C)(C)C)C(C)COCc1ccccc1. The number of hydrogen-bond acceptors (Lipinski definition) is 3. The van der Waals surface area contributed by atoms with Gasteiger partial charge in [-0.3, -0.25) is 0 Å². The second kappa shape index (κ2) is 10.6. The fourth-order valence-electron chi connectivity index (χ4n) is 2.38. The molecule has 1 aromatic rings. The van der Waals surface area contributed by atoms with E-state index in [0.29, 0.717) is 26.2 Å². The van der Waals surface area contributed by atoms with E-state index in [1.54, 1.807) is 0 Å². The Balaban J connectivity index is 2.36. The normalized spacial score (nSPS) is 16.0. The van der Waals surface area contributed by atoms with Crippen LogP contribution in [0, 0.1) is 11.8 Å². The molecule has 0 aromatic heterocycles. The molecule has 1 aromatic carbocycles. The van der Waals surface area contributed by atoms with Crippen LogP contribution in [0.15, 0.2) is 42.5 Å². The largest absolute Gasteiger partial charge is 0.416 e. The Bertz CT molecular complexity index is 563. The maximum atomic E-state index is 10.6. The van der Waals surface area contributed by atoms with Crippen molar-refractivity contribution in [2.75, 3.05) is 13.2 Å². The van der Waals surface area contributed by atoms with Gasteiger partial charge < -0.3 is 14.3 Å². The third-order valence-electron chi connectivity index (χ3n) is 5.82. The van der Waals surface area contributed by atoms with E-state index >= 15 is 0 Å². The first-order valence-electron chi connectivity index (χ1n) is 10.1. The van der Waals surface area contributed by atoms with Crippen molar-refractivity contribution in [2.24, 2.45) is 11.8 Å². The minimum atomic E-state index is -1.78. The molecule has 0 saturated carbocycles. The lowest BCUT2D eigenvalue weighted by Gasteiger charge is -2.37. The molecule has 0 spiro atoms. The molecular formula is C23H40O3Si. The van der Waals surface area contributed by atoms with Crippen LogP contribution in [0.5, 0.6) is 0 Å². The van der Waals surface area contributed by atoms with Crippen LogP contribution in [0.2, 0.25) is 18.1 Å². The monoisotopic (exact) mass is 392 g/mol. The van der Waals surface area contributed by atoms with Crippen molar-refractivity contribution in [3.63, 3.8) is 0 Å². The van der Waals surface area contributed by atoms with Gasteiger partial charge in [0.15, 0.2) is 8.32 Å². The van der Waals surface area contributed by atoms with Gasteiger partial charge >= 0.3 is 0 Å². The van der Waals surface area contributed by atoms with Crippen molar-refractivity contribution in [3.8, 4) is 0 Å². The van der Waals surface area contributed by atoms with E-state index in [1.165, 1.54) is 5.56 Å². The van der Waals surface area contributed by atoms with Gasteiger partial charge in [-0.2, -0.15) is 0 Å². The van der Waals surface area contributed by atoms with Crippen LogP contribution in [-0.2, 0) is 15.8 Å². The zero-order valence-electron chi connectivity index (χ0n) is 18.4. The molecule has 0 amide bonds. The van der Waals surface area contributed by atoms with Crippen LogP contribution in [0.4, 0.5) is 0 Å². The molecule has 27 heavy (non-hydrogen) atoms. The summed E-state index contributed by atoms with van der Waals surface area (Å²) in [4.78, 5) is 0. The maximum absolute atomic E-state index is 10.6. The first-order chi connectivity index (χ1) is 12.4. The minimum Gasteiger partial charge on any atom is -0.416 e. The molecule has 154 valence electrons. The summed E-state index contributed by atoms with van der Waals surface area (Å²) in [5, 5.41) is 10.8. The minimum absolute atomic E-state index is 0.0910. The average molecular weight is 393 g/mol. The molecule has 0 aliphatic carbocycles. The van der Waals surface area contributed by atoms with Gasteiger partial charge in [-0.1, -0.05) is 77.1 Å². The van der Waals surface area contributed by atoms with Crippen LogP contribution in [0.1, 0.15) is 46.6 Å². The number of ether oxygens (including phenoxy) is 1. The Kier molecular flexibility index (Phi) is 9.42. The van der Waals surface area contributed by atoms with Crippen LogP contribution < -0.4 is 0 Å². The number of benzene rings is 1. The van der Waals surface area contributed by atoms with Crippen molar-refractivity contribution in [1.82, 2.24) is 0 Å². The van der Waals surface area contributed by atoms with E-state index in [1.807, 2.05) is 18.2 Å². The highest BCUT2D eigenvalue weighted by Gasteiger charge is 2.37. The summed E-state index contributed by atoms with van der Waals surface area (Å²) in [6.45, 7) is 21.4. The van der Waals surface area contributed by atoms with E-state index in [2.05, 4.69) is 66.4 Å². The Hall–Kier alpha value is -0.943. The number of aliphatic hydroxyl groups is 1. The fourth-order valence-corrected chi connectivity index (χ4v) is 3.50. The second-order valence-electron chi connectivity index (χ2n) is 9.38. The van der Waals surface area contributed by atoms with Crippen molar-refractivity contribution < 1.29 is 14.3 Å². The molecule has 0 fully saturated rings. The van der Waals surface area contributed by atoms with E-state index < -0.39 is 14.4 Å². The van der Waals surface area contributed by atoms with Crippen LogP contribution >= 0.6 is 0 Å². The molecule has 3 unspecified atom stereocenters. The van der Waals surface area contributed by atoms with Gasteiger partial charge in [0.25, 0.3) is 0 Å². The summed E-state index contributed by atoms with van der Waals surface area (Å²) in [6, 6.07) is 10.2. The molecule has 3 atom stereocenters. The van der Waals surface area contributed by atoms with Crippen LogP contribution in [0.3, 0.4) is 0 Å². The zero-order valence-corrected chi connectivity index (χ0v) is 19.4. The smallest absolute Gasteiger partial charge is 0.191 e. The van der Waals surface area contributed by atoms with Crippen molar-refractivity contribution in [3.05, 3.63) is 48.0 Å². The average Bonchev–Trinajstić information content (AvgIpc) is 2.59. The summed E-state index contributed by atoms with van der Waals surface area (Å²) >= 11 is 0. The van der Waals surface area contributed by atoms with Crippen molar-refractivity contribution in [1.29, 1.82) is 0 Å². The quantitative estimate of drug-likeness (QED) is 0.382. The standard InChI is InChI=1S/C23H40O3Si/c1-18(19(2)15-25-17-21-12-10-9-11-13-21)14-22(24)20(3)16-26-27(7,8)23(4,5)6/h9-13,19-20,22,24H,1,14-17H2,2-8H3. The summed E-state index contributed by atoms with van der Waals surface area (Å²) in [5.41, 5.74) is 2.21. The Morgan fingerprint density at radius 2 is 1.70 bits per heavy atom. The van der Waals surface area contributed by atoms with Gasteiger partial charge in [-0.25, -0.2) is 0 Å². The molecule has 1 rings (SSSR count). The zero-order chi connectivity index (χ0) is 20.7. The predicted octanol–water partition coefficient (Wildman–Crippen LogP) is 5.80. The van der Waals surface area contributed by atoms with Gasteiger partial charge in [-0.05, 0) is 30.1 Å². The summed E-state index contributed by atoms with van der Waals surface area (Å²) in [5.74, 6) is 0.310. The maximum Gasteiger partial charge on any atom is 0.191 e. The molecule has 3 nitrogen and oxygen atoms in total. The third-order valence-corrected chi connectivity index (χ3v) is 10.3. The molecule has 0 heterocycles. The lowest BCUT2D eigenvalue weighted by molar-refractivity contribution is 0.0714. The first kappa shape index (κ1) is 24.1. The number of hydrogen-bond donors (Lipinski definition) is 1. The molecule has 0 radical (unpaired) electrons. The van der Waals surface area contributed by atoms with E-state index in [9.17, 15) is 5.11 Å². The highest BCUT2D eigenvalue weighted by atomic mass is 28.4. The van der Waals surface area contributed by atoms with Crippen molar-refractivity contribution >= 4 is 8.32 Å². The molecule has 0 bridgehead atoms. The summed E-state index contributed by atoms with van der Waals surface area (Å²) in [7, 11) is -1.78. The van der Waals surface area contributed by atoms with Gasteiger partial charge in [0.05, 0.1) is 19.3 Å². The third kappa shape index (κ3) is 8.30. The summed E-state index contributed by atoms with van der Waals surface area (Å²) < 4.78 is 12.1. The molecule has 1 N–H and O–H groups in total. The van der Waals surface area contributed by atoms with Crippen molar-refractivity contribution in [2.45, 2.75) is 71.9 Å². The van der Waals surface area contributed by atoms with Gasteiger partial charge in [0, 0.05) is 18.4 Å². The van der Waals surface area contributed by atoms with E-state index in [4.69, 9.17) is 9.16 Å². The van der Waals surface area contributed by atoms with Crippen LogP contribution in [-0.4, -0.2) is 32.7 Å². The Morgan fingerprint density at radius 1 is 1.11 bits per heavy atom. The predicted molar refractivity (Wildman–Crippen MR) is 117 cm³/mol. The first-order valence-corrected chi connectivity index (χ1v) is 13.0. The van der Waals surface area contributed by atoms with E-state index in [0.717, 1.165) is 5.57 Å². The number of aliphatic hydroxyl groups excluding tert-OH is 1. The fraction of sp³-hybridized carbons (Fsp3) is 0.652. The molecule has 4 heteroatoms. The lowest BCUT2D eigenvalue weighted by Crippen LogP contribution is -2.42. The molecule has 0 aliphatic rings. The number of rotatable bonds is 11. The molecular weight excluding hydrogens is 352 g/mol. The lowest BCUT2D eigenvalue weighted by atomic mass is 9.93. The topological polar surface area (TPSA) is 38.7 Å². The molecule has 0 saturated heterocycles. The summed E-state index contributed by atoms with van der Waals surface area (Å²) in [6.07, 6.45) is 0.164. The van der Waals surface area contributed by atoms with Crippen LogP contribution in [0.25, 0.3) is 0 Å². The second-order valence-corrected chi connectivity index (χ2v) is 14.2. The van der Waals surface area contributed by atoms with E-state index in [-0.39, 0.29) is 16.9 Å². The highest BCUT2D eigenvalue weighted by molar-refractivity contribution is 6.74. The highest BCUT2D eigenvalue weighted by Crippen LogP contribution is 2.37. The van der Waals surface area contributed by atoms with Gasteiger partial charge in [0.2, 0.25) is 0 Å². The Morgan fingerprint density at radius 3 is 2.26 bits per heavy atom. The van der Waals surface area contributed by atoms with Gasteiger partial charge in [0.1, 0.15) is 0 Å².